The van der Waals surface area contributed by atoms with E-state index in [2.05, 4.69) is 24.9 Å². The van der Waals surface area contributed by atoms with Gasteiger partial charge in [-0.2, -0.15) is 0 Å². The molecule has 0 bridgehead atoms. The fourth-order valence-corrected chi connectivity index (χ4v) is 4.62. The van der Waals surface area contributed by atoms with E-state index in [0.29, 0.717) is 36.6 Å². The molecule has 0 atom stereocenters. The predicted molar refractivity (Wildman–Crippen MR) is 147 cm³/mol. The minimum absolute atomic E-state index is 0.0485. The van der Waals surface area contributed by atoms with Gasteiger partial charge in [-0.15, -0.1) is 0 Å². The van der Waals surface area contributed by atoms with Gasteiger partial charge in [0.15, 0.2) is 11.6 Å². The Labute approximate surface area is 230 Å². The highest BCUT2D eigenvalue weighted by atomic mass is 19.2. The third kappa shape index (κ3) is 5.75. The third-order valence-corrected chi connectivity index (χ3v) is 6.83. The molecule has 0 radical (unpaired) electrons. The van der Waals surface area contributed by atoms with E-state index >= 15 is 0 Å². The first-order chi connectivity index (χ1) is 19.4. The number of esters is 1. The molecular weight excluding hydrogens is 516 g/mol. The van der Waals surface area contributed by atoms with Gasteiger partial charge in [0.2, 0.25) is 0 Å². The van der Waals surface area contributed by atoms with Crippen LogP contribution >= 0.6 is 0 Å². The second kappa shape index (κ2) is 11.9. The van der Waals surface area contributed by atoms with Gasteiger partial charge in [-0.1, -0.05) is 30.3 Å². The average molecular weight is 544 g/mol. The summed E-state index contributed by atoms with van der Waals surface area (Å²) in [5.41, 5.74) is 2.88. The number of rotatable bonds is 7. The number of piperazine rings is 1. The lowest BCUT2D eigenvalue weighted by molar-refractivity contribution is 0.0595. The predicted octanol–water partition coefficient (Wildman–Crippen LogP) is 4.78. The molecule has 1 aliphatic rings. The normalized spacial score (nSPS) is 13.2. The first-order valence-electron chi connectivity index (χ1n) is 12.7. The van der Waals surface area contributed by atoms with Crippen molar-refractivity contribution >= 4 is 23.4 Å². The maximum absolute atomic E-state index is 14.3. The van der Waals surface area contributed by atoms with Gasteiger partial charge in [0.25, 0.3) is 5.91 Å². The van der Waals surface area contributed by atoms with Crippen molar-refractivity contribution in [3.05, 3.63) is 108 Å². The Morgan fingerprint density at radius 3 is 2.30 bits per heavy atom. The van der Waals surface area contributed by atoms with E-state index in [1.165, 1.54) is 6.07 Å². The van der Waals surface area contributed by atoms with Crippen molar-refractivity contribution in [2.75, 3.05) is 43.5 Å². The molecule has 4 aromatic rings. The molecule has 0 saturated carbocycles. The van der Waals surface area contributed by atoms with Gasteiger partial charge in [0, 0.05) is 57.0 Å². The minimum atomic E-state index is -1.24. The maximum Gasteiger partial charge on any atom is 0.341 e. The molecular formula is C30H27F2N5O3. The summed E-state index contributed by atoms with van der Waals surface area (Å²) in [6.45, 7) is 3.20. The highest BCUT2D eigenvalue weighted by molar-refractivity contribution is 5.97. The van der Waals surface area contributed by atoms with Crippen molar-refractivity contribution in [1.29, 1.82) is 0 Å². The van der Waals surface area contributed by atoms with Crippen molar-refractivity contribution in [3.63, 3.8) is 0 Å². The van der Waals surface area contributed by atoms with Gasteiger partial charge in [-0.25, -0.2) is 18.6 Å². The second-order valence-corrected chi connectivity index (χ2v) is 9.24. The Bertz CT molecular complexity index is 1490. The van der Waals surface area contributed by atoms with Crippen LogP contribution < -0.4 is 10.2 Å². The zero-order chi connectivity index (χ0) is 28.1. The number of methoxy groups -OCH3 is 1. The zero-order valence-electron chi connectivity index (χ0n) is 21.8. The fraction of sp³-hybridized carbons (Fsp3) is 0.200. The van der Waals surface area contributed by atoms with Crippen LogP contribution in [0, 0.1) is 11.6 Å². The largest absolute Gasteiger partial charge is 0.465 e. The zero-order valence-corrected chi connectivity index (χ0v) is 21.8. The topological polar surface area (TPSA) is 87.7 Å². The Morgan fingerprint density at radius 2 is 1.65 bits per heavy atom. The van der Waals surface area contributed by atoms with E-state index in [9.17, 15) is 18.4 Å². The summed E-state index contributed by atoms with van der Waals surface area (Å²) >= 11 is 0. The number of nitrogens with zero attached hydrogens (tertiary/aromatic N) is 4. The molecule has 1 amide bonds. The molecule has 3 heterocycles. The monoisotopic (exact) mass is 543 g/mol. The molecule has 1 fully saturated rings. The molecule has 0 unspecified atom stereocenters. The summed E-state index contributed by atoms with van der Waals surface area (Å²) in [5.74, 6) is -2.74. The number of pyridine rings is 2. The van der Waals surface area contributed by atoms with Crippen molar-refractivity contribution < 1.29 is 23.1 Å². The highest BCUT2D eigenvalue weighted by Crippen LogP contribution is 2.28. The first kappa shape index (κ1) is 26.7. The molecule has 1 N–H and O–H groups in total. The number of anilines is 2. The van der Waals surface area contributed by atoms with Crippen LogP contribution in [0.5, 0.6) is 0 Å². The lowest BCUT2D eigenvalue weighted by Gasteiger charge is -2.36. The Kier molecular flexibility index (Phi) is 7.95. The summed E-state index contributed by atoms with van der Waals surface area (Å²) in [4.78, 5) is 37.5. The van der Waals surface area contributed by atoms with E-state index < -0.39 is 23.2 Å². The molecule has 204 valence electrons. The minimum Gasteiger partial charge on any atom is -0.465 e. The van der Waals surface area contributed by atoms with Gasteiger partial charge in [-0.3, -0.25) is 9.78 Å². The Balaban J connectivity index is 1.17. The van der Waals surface area contributed by atoms with Crippen LogP contribution in [0.25, 0.3) is 11.1 Å². The molecule has 2 aromatic heterocycles. The molecule has 1 saturated heterocycles. The quantitative estimate of drug-likeness (QED) is 0.336. The van der Waals surface area contributed by atoms with Gasteiger partial charge in [0.05, 0.1) is 12.7 Å². The molecule has 8 nitrogen and oxygen atoms in total. The van der Waals surface area contributed by atoms with Crippen LogP contribution in [0.4, 0.5) is 20.3 Å². The van der Waals surface area contributed by atoms with Crippen LogP contribution in [-0.4, -0.2) is 60.0 Å². The molecule has 2 aromatic carbocycles. The second-order valence-electron chi connectivity index (χ2n) is 9.24. The lowest BCUT2D eigenvalue weighted by Crippen LogP contribution is -2.48. The van der Waals surface area contributed by atoms with Gasteiger partial charge < -0.3 is 19.9 Å². The number of benzene rings is 2. The fourth-order valence-electron chi connectivity index (χ4n) is 4.62. The van der Waals surface area contributed by atoms with Crippen LogP contribution in [0.2, 0.25) is 0 Å². The SMILES string of the molecule is COC(=O)c1c(-c2ccc(CNc3ccc(C(=O)N4CCN(c5ccncc5)CC4)cn3)cc2)ccc(F)c1F. The van der Waals surface area contributed by atoms with Crippen molar-refractivity contribution in [2.24, 2.45) is 0 Å². The van der Waals surface area contributed by atoms with Gasteiger partial charge >= 0.3 is 5.97 Å². The number of amides is 1. The van der Waals surface area contributed by atoms with Crippen LogP contribution in [0.3, 0.4) is 0 Å². The van der Waals surface area contributed by atoms with Crippen molar-refractivity contribution in [3.8, 4) is 11.1 Å². The maximum atomic E-state index is 14.3. The number of hydrogen-bond acceptors (Lipinski definition) is 7. The van der Waals surface area contributed by atoms with Gasteiger partial charge in [-0.05, 0) is 47.0 Å². The van der Waals surface area contributed by atoms with Crippen LogP contribution in [-0.2, 0) is 11.3 Å². The standard InChI is InChI=1S/C30H27F2N5O3/c1-40-30(39)27-24(7-8-25(31)28(27)32)21-4-2-20(3-5-21)18-34-26-9-6-22(19-35-26)29(38)37-16-14-36(15-17-37)23-10-12-33-13-11-23/h2-13,19H,14-18H2,1H3,(H,34,35). The average Bonchev–Trinajstić information content (AvgIpc) is 3.01. The van der Waals surface area contributed by atoms with E-state index in [1.807, 2.05) is 29.2 Å². The molecule has 1 aliphatic heterocycles. The summed E-state index contributed by atoms with van der Waals surface area (Å²) in [5, 5.41) is 3.21. The number of nitrogens with one attached hydrogen (secondary N) is 1. The lowest BCUT2D eigenvalue weighted by atomic mass is 9.98. The number of halogens is 2. The summed E-state index contributed by atoms with van der Waals surface area (Å²) in [6.07, 6.45) is 5.10. The smallest absolute Gasteiger partial charge is 0.341 e. The summed E-state index contributed by atoms with van der Waals surface area (Å²) < 4.78 is 32.7. The molecule has 5 rings (SSSR count). The number of hydrogen-bond donors (Lipinski definition) is 1. The molecule has 0 spiro atoms. The number of aromatic nitrogens is 2. The van der Waals surface area contributed by atoms with E-state index in [-0.39, 0.29) is 11.5 Å². The third-order valence-electron chi connectivity index (χ3n) is 6.83. The summed E-state index contributed by atoms with van der Waals surface area (Å²) in [6, 6.07) is 16.9. The highest BCUT2D eigenvalue weighted by Gasteiger charge is 2.23. The van der Waals surface area contributed by atoms with Crippen molar-refractivity contribution in [1.82, 2.24) is 14.9 Å². The van der Waals surface area contributed by atoms with E-state index in [0.717, 1.165) is 37.5 Å². The molecule has 10 heteroatoms. The Hall–Kier alpha value is -4.86. The van der Waals surface area contributed by atoms with Gasteiger partial charge in [0.1, 0.15) is 11.4 Å². The molecule has 0 aliphatic carbocycles. The summed E-state index contributed by atoms with van der Waals surface area (Å²) in [7, 11) is 1.12. The number of carbonyl (C=O) groups excluding carboxylic acids is 2. The first-order valence-corrected chi connectivity index (χ1v) is 12.7. The number of ether oxygens (including phenoxy) is 1. The van der Waals surface area contributed by atoms with E-state index in [4.69, 9.17) is 0 Å². The van der Waals surface area contributed by atoms with E-state index in [1.54, 1.807) is 42.9 Å². The number of carbonyl (C=O) groups is 2. The van der Waals surface area contributed by atoms with Crippen molar-refractivity contribution in [2.45, 2.75) is 6.54 Å². The molecule has 40 heavy (non-hydrogen) atoms. The van der Waals surface area contributed by atoms with Crippen LogP contribution in [0.15, 0.2) is 79.3 Å². The van der Waals surface area contributed by atoms with Crippen LogP contribution in [0.1, 0.15) is 26.3 Å². The Morgan fingerprint density at radius 1 is 0.925 bits per heavy atom.